The number of carbonyl (C=O) groups excluding carboxylic acids is 1. The fourth-order valence-electron chi connectivity index (χ4n) is 2.12. The molecule has 0 radical (unpaired) electrons. The van der Waals surface area contributed by atoms with Crippen molar-refractivity contribution in [3.8, 4) is 5.75 Å². The van der Waals surface area contributed by atoms with E-state index in [1.54, 1.807) is 4.90 Å². The first-order chi connectivity index (χ1) is 9.58. The molecule has 1 aliphatic heterocycles. The number of halogens is 2. The lowest BCUT2D eigenvalue weighted by molar-refractivity contribution is -0.0183. The smallest absolute Gasteiger partial charge is 0.254 e. The van der Waals surface area contributed by atoms with Crippen LogP contribution in [0.25, 0.3) is 0 Å². The van der Waals surface area contributed by atoms with E-state index in [9.17, 15) is 9.90 Å². The number of ether oxygens (including phenoxy) is 2. The fraction of sp³-hybridized carbons (Fsp3) is 0.462. The molecule has 0 spiro atoms. The van der Waals surface area contributed by atoms with Crippen LogP contribution in [0.15, 0.2) is 12.1 Å². The number of aliphatic hydroxyl groups excluding tert-OH is 1. The van der Waals surface area contributed by atoms with Gasteiger partial charge >= 0.3 is 0 Å². The molecule has 20 heavy (non-hydrogen) atoms. The molecule has 0 saturated carbocycles. The molecule has 1 aromatic carbocycles. The van der Waals surface area contributed by atoms with Crippen molar-refractivity contribution in [2.24, 2.45) is 0 Å². The molecular formula is C13H15Cl2NO4. The van der Waals surface area contributed by atoms with Crippen LogP contribution in [-0.2, 0) is 4.74 Å². The van der Waals surface area contributed by atoms with Crippen LogP contribution in [0.3, 0.4) is 0 Å². The topological polar surface area (TPSA) is 59.0 Å². The van der Waals surface area contributed by atoms with Gasteiger partial charge in [-0.05, 0) is 12.1 Å². The van der Waals surface area contributed by atoms with Crippen LogP contribution >= 0.6 is 23.2 Å². The monoisotopic (exact) mass is 319 g/mol. The van der Waals surface area contributed by atoms with Crippen molar-refractivity contribution in [2.45, 2.75) is 6.04 Å². The first-order valence-electron chi connectivity index (χ1n) is 6.11. The molecule has 1 atom stereocenters. The van der Waals surface area contributed by atoms with Gasteiger partial charge in [-0.1, -0.05) is 23.2 Å². The molecule has 110 valence electrons. The normalized spacial score (nSPS) is 19.0. The zero-order valence-electron chi connectivity index (χ0n) is 10.9. The molecule has 1 N–H and O–H groups in total. The van der Waals surface area contributed by atoms with Crippen LogP contribution < -0.4 is 4.74 Å². The Morgan fingerprint density at radius 3 is 2.70 bits per heavy atom. The van der Waals surface area contributed by atoms with E-state index in [0.717, 1.165) is 0 Å². The minimum atomic E-state index is -0.351. The fourth-order valence-corrected chi connectivity index (χ4v) is 2.76. The van der Waals surface area contributed by atoms with E-state index in [4.69, 9.17) is 32.7 Å². The largest absolute Gasteiger partial charge is 0.494 e. The number of methoxy groups -OCH3 is 1. The van der Waals surface area contributed by atoms with Crippen LogP contribution in [0, 0.1) is 0 Å². The Kier molecular flexibility index (Phi) is 5.10. The van der Waals surface area contributed by atoms with Crippen LogP contribution in [0.4, 0.5) is 0 Å². The second kappa shape index (κ2) is 6.63. The predicted molar refractivity (Wildman–Crippen MR) is 75.7 cm³/mol. The number of carbonyl (C=O) groups is 1. The summed E-state index contributed by atoms with van der Waals surface area (Å²) in [6.45, 7) is 1.04. The Morgan fingerprint density at radius 1 is 1.50 bits per heavy atom. The summed E-state index contributed by atoms with van der Waals surface area (Å²) in [6.07, 6.45) is 0. The quantitative estimate of drug-likeness (QED) is 0.923. The number of amides is 1. The van der Waals surface area contributed by atoms with E-state index >= 15 is 0 Å². The molecule has 1 aromatic rings. The second-order valence-electron chi connectivity index (χ2n) is 4.38. The summed E-state index contributed by atoms with van der Waals surface area (Å²) in [7, 11) is 1.46. The lowest BCUT2D eigenvalue weighted by Gasteiger charge is -2.34. The summed E-state index contributed by atoms with van der Waals surface area (Å²) in [6, 6.07) is 2.67. The van der Waals surface area contributed by atoms with Gasteiger partial charge in [0.15, 0.2) is 5.75 Å². The molecule has 0 aliphatic carbocycles. The summed E-state index contributed by atoms with van der Waals surface area (Å²) < 4.78 is 10.3. The van der Waals surface area contributed by atoms with Gasteiger partial charge in [0.1, 0.15) is 0 Å². The summed E-state index contributed by atoms with van der Waals surface area (Å²) in [5.74, 6) is 0.101. The van der Waals surface area contributed by atoms with Gasteiger partial charge in [0.2, 0.25) is 0 Å². The lowest BCUT2D eigenvalue weighted by atomic mass is 10.1. The number of hydrogen-bond donors (Lipinski definition) is 1. The van der Waals surface area contributed by atoms with Gasteiger partial charge in [0, 0.05) is 12.1 Å². The van der Waals surface area contributed by atoms with Gasteiger partial charge < -0.3 is 19.5 Å². The molecule has 1 unspecified atom stereocenters. The van der Waals surface area contributed by atoms with E-state index in [1.165, 1.54) is 19.2 Å². The first-order valence-corrected chi connectivity index (χ1v) is 6.86. The van der Waals surface area contributed by atoms with Gasteiger partial charge in [0.25, 0.3) is 5.91 Å². The highest BCUT2D eigenvalue weighted by molar-refractivity contribution is 6.37. The highest BCUT2D eigenvalue weighted by atomic mass is 35.5. The predicted octanol–water partition coefficient (Wildman–Crippen LogP) is 1.84. The Morgan fingerprint density at radius 2 is 2.15 bits per heavy atom. The number of nitrogens with zero attached hydrogens (tertiary/aromatic N) is 1. The number of aliphatic hydroxyl groups is 1. The molecule has 2 rings (SSSR count). The van der Waals surface area contributed by atoms with Crippen LogP contribution in [0.5, 0.6) is 5.75 Å². The van der Waals surface area contributed by atoms with Crippen molar-refractivity contribution in [1.29, 1.82) is 0 Å². The Labute approximate surface area is 127 Å². The Bertz CT molecular complexity index is 486. The minimum absolute atomic E-state index is 0.149. The van der Waals surface area contributed by atoms with Gasteiger partial charge in [0.05, 0.1) is 43.0 Å². The van der Waals surface area contributed by atoms with Crippen molar-refractivity contribution in [3.05, 3.63) is 27.7 Å². The summed E-state index contributed by atoms with van der Waals surface area (Å²) in [5, 5.41) is 9.85. The molecule has 0 aromatic heterocycles. The Hall–Kier alpha value is -1.01. The molecule has 1 fully saturated rings. The molecule has 1 amide bonds. The number of rotatable bonds is 3. The van der Waals surface area contributed by atoms with Gasteiger partial charge in [-0.3, -0.25) is 4.79 Å². The van der Waals surface area contributed by atoms with Crippen LogP contribution in [0.2, 0.25) is 10.0 Å². The zero-order valence-corrected chi connectivity index (χ0v) is 12.4. The molecule has 0 bridgehead atoms. The molecule has 1 aliphatic rings. The number of morpholine rings is 1. The highest BCUT2D eigenvalue weighted by Gasteiger charge is 2.28. The molecule has 1 saturated heterocycles. The summed E-state index contributed by atoms with van der Waals surface area (Å²) >= 11 is 12.1. The average Bonchev–Trinajstić information content (AvgIpc) is 2.46. The SMILES string of the molecule is COc1c(Cl)cc(C(=O)N2CCOCC2CO)cc1Cl. The molecular weight excluding hydrogens is 305 g/mol. The van der Waals surface area contributed by atoms with Gasteiger partial charge in [-0.25, -0.2) is 0 Å². The third-order valence-corrected chi connectivity index (χ3v) is 3.71. The Balaban J connectivity index is 2.28. The van der Waals surface area contributed by atoms with Gasteiger partial charge in [-0.15, -0.1) is 0 Å². The maximum atomic E-state index is 12.5. The first kappa shape index (κ1) is 15.4. The highest BCUT2D eigenvalue weighted by Crippen LogP contribution is 2.34. The van der Waals surface area contributed by atoms with E-state index in [0.29, 0.717) is 31.1 Å². The van der Waals surface area contributed by atoms with Gasteiger partial charge in [-0.2, -0.15) is 0 Å². The van der Waals surface area contributed by atoms with Crippen molar-refractivity contribution in [2.75, 3.05) is 33.5 Å². The average molecular weight is 320 g/mol. The minimum Gasteiger partial charge on any atom is -0.494 e. The van der Waals surface area contributed by atoms with E-state index in [-0.39, 0.29) is 28.6 Å². The second-order valence-corrected chi connectivity index (χ2v) is 5.20. The zero-order chi connectivity index (χ0) is 14.7. The van der Waals surface area contributed by atoms with Crippen molar-refractivity contribution in [1.82, 2.24) is 4.90 Å². The van der Waals surface area contributed by atoms with E-state index in [2.05, 4.69) is 0 Å². The van der Waals surface area contributed by atoms with Crippen LogP contribution in [-0.4, -0.2) is 55.4 Å². The maximum Gasteiger partial charge on any atom is 0.254 e. The third-order valence-electron chi connectivity index (χ3n) is 3.15. The van der Waals surface area contributed by atoms with Crippen molar-refractivity contribution in [3.63, 3.8) is 0 Å². The number of hydrogen-bond acceptors (Lipinski definition) is 4. The lowest BCUT2D eigenvalue weighted by Crippen LogP contribution is -2.50. The molecule has 5 nitrogen and oxygen atoms in total. The van der Waals surface area contributed by atoms with E-state index in [1.807, 2.05) is 0 Å². The molecule has 1 heterocycles. The van der Waals surface area contributed by atoms with E-state index < -0.39 is 0 Å². The third kappa shape index (κ3) is 3.01. The van der Waals surface area contributed by atoms with Crippen molar-refractivity contribution >= 4 is 29.1 Å². The maximum absolute atomic E-state index is 12.5. The van der Waals surface area contributed by atoms with Crippen molar-refractivity contribution < 1.29 is 19.4 Å². The molecule has 7 heteroatoms. The number of benzene rings is 1. The standard InChI is InChI=1S/C13H15Cl2NO4/c1-19-12-10(14)4-8(5-11(12)15)13(18)16-2-3-20-7-9(16)6-17/h4-5,9,17H,2-3,6-7H2,1H3. The summed E-state index contributed by atoms with van der Waals surface area (Å²) in [4.78, 5) is 14.0. The summed E-state index contributed by atoms with van der Waals surface area (Å²) in [5.41, 5.74) is 0.362. The van der Waals surface area contributed by atoms with Crippen LogP contribution in [0.1, 0.15) is 10.4 Å².